The number of aromatic nitrogens is 1. The molecule has 0 radical (unpaired) electrons. The number of carbonyl (C=O) groups excluding carboxylic acids is 2. The van der Waals surface area contributed by atoms with Crippen LogP contribution in [0.5, 0.6) is 5.75 Å². The second-order valence-corrected chi connectivity index (χ2v) is 6.78. The van der Waals surface area contributed by atoms with Crippen LogP contribution in [0.25, 0.3) is 11.3 Å². The molecule has 2 amide bonds. The molecule has 0 saturated heterocycles. The molecule has 0 unspecified atom stereocenters. The van der Waals surface area contributed by atoms with Gasteiger partial charge in [-0.1, -0.05) is 13.8 Å². The maximum absolute atomic E-state index is 13.5. The molecule has 7 nitrogen and oxygen atoms in total. The topological polar surface area (TPSA) is 106 Å². The van der Waals surface area contributed by atoms with Crippen molar-refractivity contribution >= 4 is 28.3 Å². The number of rotatable bonds is 7. The van der Waals surface area contributed by atoms with Crippen LogP contribution in [0.1, 0.15) is 13.8 Å². The van der Waals surface area contributed by atoms with E-state index in [-0.39, 0.29) is 18.4 Å². The number of amides is 2. The van der Waals surface area contributed by atoms with Crippen LogP contribution in [-0.4, -0.2) is 36.5 Å². The molecule has 9 heteroatoms. The van der Waals surface area contributed by atoms with Gasteiger partial charge in [0.2, 0.25) is 11.8 Å². The van der Waals surface area contributed by atoms with Gasteiger partial charge in [0.1, 0.15) is 11.6 Å². The number of hydrogen-bond donors (Lipinski definition) is 3. The molecule has 140 valence electrons. The lowest BCUT2D eigenvalue weighted by molar-refractivity contribution is -0.125. The molecular weight excluding hydrogens is 359 g/mol. The Morgan fingerprint density at radius 1 is 1.38 bits per heavy atom. The fourth-order valence-corrected chi connectivity index (χ4v) is 2.81. The van der Waals surface area contributed by atoms with Crippen molar-refractivity contribution in [2.75, 3.05) is 19.0 Å². The third-order valence-electron chi connectivity index (χ3n) is 3.63. The van der Waals surface area contributed by atoms with Crippen LogP contribution < -0.4 is 21.1 Å². The lowest BCUT2D eigenvalue weighted by atomic mass is 10.1. The Kier molecular flexibility index (Phi) is 6.64. The van der Waals surface area contributed by atoms with Gasteiger partial charge < -0.3 is 21.1 Å². The van der Waals surface area contributed by atoms with E-state index in [1.54, 1.807) is 5.38 Å². The first-order valence-electron chi connectivity index (χ1n) is 7.94. The van der Waals surface area contributed by atoms with E-state index in [9.17, 15) is 14.0 Å². The van der Waals surface area contributed by atoms with Crippen molar-refractivity contribution in [3.63, 3.8) is 0 Å². The van der Waals surface area contributed by atoms with Gasteiger partial charge >= 0.3 is 0 Å². The highest BCUT2D eigenvalue weighted by molar-refractivity contribution is 7.14. The van der Waals surface area contributed by atoms with Gasteiger partial charge in [0.05, 0.1) is 25.4 Å². The van der Waals surface area contributed by atoms with Crippen LogP contribution in [0.3, 0.4) is 0 Å². The zero-order chi connectivity index (χ0) is 19.3. The Morgan fingerprint density at radius 2 is 2.12 bits per heavy atom. The van der Waals surface area contributed by atoms with Gasteiger partial charge in [-0.05, 0) is 24.1 Å². The number of methoxy groups -OCH3 is 1. The second kappa shape index (κ2) is 8.72. The van der Waals surface area contributed by atoms with Crippen LogP contribution in [-0.2, 0) is 9.59 Å². The average Bonchev–Trinajstić information content (AvgIpc) is 3.07. The SMILES string of the molecule is COc1ccc(F)cc1-c1csc(NC(=O)CNC(=O)[C@@H](N)C(C)C)n1. The molecule has 1 aromatic heterocycles. The standard InChI is InChI=1S/C17H21FN4O3S/c1-9(2)15(19)16(24)20-7-14(23)22-17-21-12(8-26-17)11-6-10(18)4-5-13(11)25-3/h4-6,8-9,15H,7,19H2,1-3H3,(H,20,24)(H,21,22,23)/t15-/m0/s1. The predicted octanol–water partition coefficient (Wildman–Crippen LogP) is 2.00. The Morgan fingerprint density at radius 3 is 2.77 bits per heavy atom. The number of thiazole rings is 1. The molecule has 0 aliphatic carbocycles. The summed E-state index contributed by atoms with van der Waals surface area (Å²) in [5.41, 5.74) is 6.68. The van der Waals surface area contributed by atoms with Gasteiger partial charge in [-0.15, -0.1) is 11.3 Å². The molecule has 26 heavy (non-hydrogen) atoms. The number of anilines is 1. The summed E-state index contributed by atoms with van der Waals surface area (Å²) in [4.78, 5) is 28.0. The lowest BCUT2D eigenvalue weighted by Gasteiger charge is -2.14. The highest BCUT2D eigenvalue weighted by Gasteiger charge is 2.18. The zero-order valence-corrected chi connectivity index (χ0v) is 15.5. The minimum atomic E-state index is -0.672. The molecule has 2 rings (SSSR count). The van der Waals surface area contributed by atoms with E-state index in [2.05, 4.69) is 15.6 Å². The molecule has 0 aliphatic heterocycles. The second-order valence-electron chi connectivity index (χ2n) is 5.92. The molecule has 1 atom stereocenters. The van der Waals surface area contributed by atoms with Crippen LogP contribution in [0.2, 0.25) is 0 Å². The van der Waals surface area contributed by atoms with E-state index in [0.29, 0.717) is 22.1 Å². The van der Waals surface area contributed by atoms with Crippen LogP contribution >= 0.6 is 11.3 Å². The van der Waals surface area contributed by atoms with E-state index in [4.69, 9.17) is 10.5 Å². The fraction of sp³-hybridized carbons (Fsp3) is 0.353. The number of ether oxygens (including phenoxy) is 1. The van der Waals surface area contributed by atoms with Gasteiger partial charge in [-0.2, -0.15) is 0 Å². The molecule has 0 spiro atoms. The number of halogens is 1. The third kappa shape index (κ3) is 4.99. The molecule has 1 aromatic carbocycles. The number of benzene rings is 1. The maximum Gasteiger partial charge on any atom is 0.245 e. The quantitative estimate of drug-likeness (QED) is 0.681. The smallest absolute Gasteiger partial charge is 0.245 e. The summed E-state index contributed by atoms with van der Waals surface area (Å²) in [7, 11) is 1.48. The van der Waals surface area contributed by atoms with Gasteiger partial charge in [0.25, 0.3) is 0 Å². The first kappa shape index (κ1) is 19.8. The van der Waals surface area contributed by atoms with E-state index in [1.807, 2.05) is 13.8 Å². The lowest BCUT2D eigenvalue weighted by Crippen LogP contribution is -2.46. The van der Waals surface area contributed by atoms with Gasteiger partial charge in [-0.25, -0.2) is 9.37 Å². The maximum atomic E-state index is 13.5. The average molecular weight is 380 g/mol. The van der Waals surface area contributed by atoms with Gasteiger partial charge in [0, 0.05) is 10.9 Å². The highest BCUT2D eigenvalue weighted by atomic mass is 32.1. The summed E-state index contributed by atoms with van der Waals surface area (Å²) in [5, 5.41) is 7.08. The van der Waals surface area contributed by atoms with Crippen molar-refractivity contribution in [1.82, 2.24) is 10.3 Å². The molecule has 0 bridgehead atoms. The first-order valence-corrected chi connectivity index (χ1v) is 8.82. The molecule has 0 aliphatic rings. The highest BCUT2D eigenvalue weighted by Crippen LogP contribution is 2.32. The van der Waals surface area contributed by atoms with Crippen LogP contribution in [0.15, 0.2) is 23.6 Å². The number of nitrogens with zero attached hydrogens (tertiary/aromatic N) is 1. The van der Waals surface area contributed by atoms with Crippen molar-refractivity contribution in [1.29, 1.82) is 0 Å². The Labute approximate surface area is 154 Å². The van der Waals surface area contributed by atoms with Crippen molar-refractivity contribution in [3.8, 4) is 17.0 Å². The van der Waals surface area contributed by atoms with Crippen molar-refractivity contribution < 1.29 is 18.7 Å². The molecule has 1 heterocycles. The summed E-state index contributed by atoms with van der Waals surface area (Å²) in [5.74, 6) is -0.783. The van der Waals surface area contributed by atoms with Crippen molar-refractivity contribution in [2.45, 2.75) is 19.9 Å². The van der Waals surface area contributed by atoms with E-state index >= 15 is 0 Å². The van der Waals surface area contributed by atoms with Crippen LogP contribution in [0.4, 0.5) is 9.52 Å². The monoisotopic (exact) mass is 380 g/mol. The fourth-order valence-electron chi connectivity index (χ4n) is 2.09. The largest absolute Gasteiger partial charge is 0.496 e. The summed E-state index contributed by atoms with van der Waals surface area (Å²) < 4.78 is 18.7. The number of hydrogen-bond acceptors (Lipinski definition) is 6. The van der Waals surface area contributed by atoms with Crippen LogP contribution in [0, 0.1) is 11.7 Å². The molecule has 0 saturated carbocycles. The predicted molar refractivity (Wildman–Crippen MR) is 98.5 cm³/mol. The summed E-state index contributed by atoms with van der Waals surface area (Å²) in [6.45, 7) is 3.43. The molecular formula is C17H21FN4O3S. The number of nitrogens with one attached hydrogen (secondary N) is 2. The normalized spacial score (nSPS) is 11.9. The Hall–Kier alpha value is -2.52. The summed E-state index contributed by atoms with van der Waals surface area (Å²) >= 11 is 1.18. The van der Waals surface area contributed by atoms with Gasteiger partial charge in [-0.3, -0.25) is 9.59 Å². The zero-order valence-electron chi connectivity index (χ0n) is 14.7. The van der Waals surface area contributed by atoms with Gasteiger partial charge in [0.15, 0.2) is 5.13 Å². The summed E-state index contributed by atoms with van der Waals surface area (Å²) in [6.07, 6.45) is 0. The first-order chi connectivity index (χ1) is 12.3. The minimum absolute atomic E-state index is 0.0270. The molecule has 0 fully saturated rings. The summed E-state index contributed by atoms with van der Waals surface area (Å²) in [6, 6.07) is 3.44. The third-order valence-corrected chi connectivity index (χ3v) is 4.39. The minimum Gasteiger partial charge on any atom is -0.496 e. The van der Waals surface area contributed by atoms with E-state index < -0.39 is 17.8 Å². The Bertz CT molecular complexity index is 794. The van der Waals surface area contributed by atoms with E-state index in [1.165, 1.54) is 36.6 Å². The van der Waals surface area contributed by atoms with Crippen molar-refractivity contribution in [2.24, 2.45) is 11.7 Å². The molecule has 4 N–H and O–H groups in total. The van der Waals surface area contributed by atoms with E-state index in [0.717, 1.165) is 0 Å². The molecule has 2 aromatic rings. The number of nitrogens with two attached hydrogens (primary N) is 1. The van der Waals surface area contributed by atoms with Crippen molar-refractivity contribution in [3.05, 3.63) is 29.4 Å². The number of carbonyl (C=O) groups is 2. The Balaban J connectivity index is 1.99.